The minimum Gasteiger partial charge on any atom is -0.445 e. The lowest BCUT2D eigenvalue weighted by Gasteiger charge is -2.37. The second kappa shape index (κ2) is 12.9. The largest absolute Gasteiger partial charge is 0.445 e. The highest BCUT2D eigenvalue weighted by Gasteiger charge is 2.43. The average molecular weight is 608 g/mol. The van der Waals surface area contributed by atoms with Crippen molar-refractivity contribution < 1.29 is 19.4 Å². The van der Waals surface area contributed by atoms with Crippen LogP contribution < -0.4 is 15.5 Å². The fourth-order valence-electron chi connectivity index (χ4n) is 5.93. The number of allylic oxidation sites excluding steroid dienone is 1. The molecule has 2 aromatic carbocycles. The molecule has 3 unspecified atom stereocenters. The van der Waals surface area contributed by atoms with E-state index in [4.69, 9.17) is 14.7 Å². The van der Waals surface area contributed by atoms with Crippen LogP contribution in [-0.4, -0.2) is 68.6 Å². The number of carbonyl (C=O) groups excluding carboxylic acids is 2. The van der Waals surface area contributed by atoms with Gasteiger partial charge < -0.3 is 30.3 Å². The van der Waals surface area contributed by atoms with Gasteiger partial charge in [-0.1, -0.05) is 66.7 Å². The molecular weight excluding hydrogens is 570 g/mol. The van der Waals surface area contributed by atoms with E-state index in [1.165, 1.54) is 4.90 Å². The minimum absolute atomic E-state index is 0.0280. The number of rotatable bonds is 9. The number of aliphatic hydroxyl groups excluding tert-OH is 1. The Morgan fingerprint density at radius 2 is 1.87 bits per heavy atom. The molecule has 2 aliphatic heterocycles. The van der Waals surface area contributed by atoms with Crippen LogP contribution in [0.25, 0.3) is 0 Å². The number of amides is 2. The molecule has 3 N–H and O–H groups in total. The predicted octanol–water partition coefficient (Wildman–Crippen LogP) is 4.36. The van der Waals surface area contributed by atoms with Crippen molar-refractivity contribution in [2.75, 3.05) is 16.8 Å². The minimum atomic E-state index is -0.709. The molecule has 0 bridgehead atoms. The van der Waals surface area contributed by atoms with Gasteiger partial charge in [-0.15, -0.1) is 0 Å². The second-order valence-electron chi connectivity index (χ2n) is 11.8. The lowest BCUT2D eigenvalue weighted by molar-refractivity contribution is -0.121. The number of hydrogen-bond acceptors (Lipinski definition) is 9. The average Bonchev–Trinajstić information content (AvgIpc) is 3.59. The van der Waals surface area contributed by atoms with Crippen LogP contribution in [0.1, 0.15) is 43.9 Å². The Bertz CT molecular complexity index is 1610. The molecule has 3 aliphatic rings. The van der Waals surface area contributed by atoms with Gasteiger partial charge in [0, 0.05) is 24.4 Å². The first-order valence-corrected chi connectivity index (χ1v) is 15.1. The van der Waals surface area contributed by atoms with Gasteiger partial charge in [-0.25, -0.2) is 9.78 Å². The van der Waals surface area contributed by atoms with Gasteiger partial charge in [0.15, 0.2) is 0 Å². The van der Waals surface area contributed by atoms with Crippen LogP contribution in [0.15, 0.2) is 102 Å². The number of likely N-dealkylation sites (tertiary alicyclic amines) is 1. The molecule has 11 heteroatoms. The van der Waals surface area contributed by atoms with Crippen molar-refractivity contribution in [2.45, 2.75) is 63.1 Å². The second-order valence-corrected chi connectivity index (χ2v) is 11.8. The molecule has 0 radical (unpaired) electrons. The molecule has 0 saturated carbocycles. The summed E-state index contributed by atoms with van der Waals surface area (Å²) in [5, 5.41) is 16.6. The maximum Gasteiger partial charge on any atom is 0.410 e. The quantitative estimate of drug-likeness (QED) is 0.327. The SMILES string of the molecule is C[C@H](Nc1nccc(N2C=NC3C=C(NC(=O)C[C@H]4CC(O)CN4C(=O)OCc4ccccc4)C=CC32C)n1)c1ccccc1. The molecule has 1 aromatic heterocycles. The molecule has 2 amide bonds. The zero-order valence-electron chi connectivity index (χ0n) is 25.3. The molecule has 45 heavy (non-hydrogen) atoms. The maximum atomic E-state index is 13.1. The van der Waals surface area contributed by atoms with E-state index in [1.807, 2.05) is 77.7 Å². The lowest BCUT2D eigenvalue weighted by Crippen LogP contribution is -2.49. The third-order valence-corrected chi connectivity index (χ3v) is 8.47. The number of nitrogens with zero attached hydrogens (tertiary/aromatic N) is 5. The summed E-state index contributed by atoms with van der Waals surface area (Å²) in [4.78, 5) is 43.2. The smallest absolute Gasteiger partial charge is 0.410 e. The number of nitrogens with one attached hydrogen (secondary N) is 2. The van der Waals surface area contributed by atoms with Crippen molar-refractivity contribution >= 4 is 30.1 Å². The fourth-order valence-corrected chi connectivity index (χ4v) is 5.93. The monoisotopic (exact) mass is 607 g/mol. The van der Waals surface area contributed by atoms with Crippen molar-refractivity contribution in [1.29, 1.82) is 0 Å². The van der Waals surface area contributed by atoms with E-state index in [2.05, 4.69) is 41.6 Å². The van der Waals surface area contributed by atoms with Crippen LogP contribution in [0.3, 0.4) is 0 Å². The van der Waals surface area contributed by atoms with E-state index < -0.39 is 23.8 Å². The van der Waals surface area contributed by atoms with Crippen LogP contribution in [0.5, 0.6) is 0 Å². The Morgan fingerprint density at radius 1 is 1.11 bits per heavy atom. The van der Waals surface area contributed by atoms with Gasteiger partial charge in [0.1, 0.15) is 12.4 Å². The third kappa shape index (κ3) is 6.73. The first-order chi connectivity index (χ1) is 21.8. The number of carbonyl (C=O) groups is 2. The molecule has 3 heterocycles. The van der Waals surface area contributed by atoms with Crippen LogP contribution in [-0.2, 0) is 16.1 Å². The van der Waals surface area contributed by atoms with Crippen molar-refractivity contribution in [1.82, 2.24) is 20.2 Å². The standard InChI is InChI=1S/C34H37N7O4/c1-23(25-11-7-4-8-12-25)37-32-35-16-14-30(39-32)41-22-36-29-17-26(13-15-34(29,41)2)38-31(43)19-27-18-28(42)20-40(27)33(44)45-21-24-9-5-3-6-10-24/h3-17,22-23,27-29,42H,18-21H2,1-2H3,(H,38,43)(H,35,37,39)/t23-,27+,28?,29?,34?/m0/s1. The molecule has 1 saturated heterocycles. The van der Waals surface area contributed by atoms with Gasteiger partial charge in [-0.3, -0.25) is 9.79 Å². The predicted molar refractivity (Wildman–Crippen MR) is 171 cm³/mol. The van der Waals surface area contributed by atoms with Crippen molar-refractivity contribution in [2.24, 2.45) is 4.99 Å². The number of benzene rings is 2. The summed E-state index contributed by atoms with van der Waals surface area (Å²) in [7, 11) is 0. The number of aromatic nitrogens is 2. The van der Waals surface area contributed by atoms with E-state index >= 15 is 0 Å². The van der Waals surface area contributed by atoms with E-state index in [9.17, 15) is 14.7 Å². The number of aliphatic hydroxyl groups is 1. The molecule has 6 rings (SSSR count). The number of anilines is 2. The van der Waals surface area contributed by atoms with Gasteiger partial charge in [0.25, 0.3) is 0 Å². The zero-order valence-corrected chi connectivity index (χ0v) is 25.3. The highest BCUT2D eigenvalue weighted by molar-refractivity contribution is 5.85. The number of aliphatic imine (C=N–C) groups is 1. The van der Waals surface area contributed by atoms with Crippen LogP contribution in [0.4, 0.5) is 16.6 Å². The summed E-state index contributed by atoms with van der Waals surface area (Å²) in [5.74, 6) is 0.959. The van der Waals surface area contributed by atoms with Gasteiger partial charge in [-0.05, 0) is 49.6 Å². The summed E-state index contributed by atoms with van der Waals surface area (Å²) >= 11 is 0. The number of β-amino-alcohol motifs (C(OH)–C–C–N with tert-alkyl or cyclic N) is 1. The summed E-state index contributed by atoms with van der Waals surface area (Å²) < 4.78 is 5.46. The Morgan fingerprint density at radius 3 is 2.64 bits per heavy atom. The molecule has 11 nitrogen and oxygen atoms in total. The van der Waals surface area contributed by atoms with E-state index in [0.717, 1.165) is 11.1 Å². The normalized spacial score (nSPS) is 24.2. The molecule has 0 spiro atoms. The van der Waals surface area contributed by atoms with Crippen LogP contribution in [0.2, 0.25) is 0 Å². The van der Waals surface area contributed by atoms with Gasteiger partial charge >= 0.3 is 6.09 Å². The van der Waals surface area contributed by atoms with Crippen LogP contribution >= 0.6 is 0 Å². The summed E-state index contributed by atoms with van der Waals surface area (Å²) in [6, 6.07) is 20.6. The van der Waals surface area contributed by atoms with Crippen molar-refractivity contribution in [3.8, 4) is 0 Å². The highest BCUT2D eigenvalue weighted by Crippen LogP contribution is 2.36. The first kappa shape index (κ1) is 30.0. The molecule has 3 aromatic rings. The summed E-state index contributed by atoms with van der Waals surface area (Å²) in [6.45, 7) is 4.39. The topological polar surface area (TPSA) is 132 Å². The molecule has 1 fully saturated rings. The van der Waals surface area contributed by atoms with E-state index in [0.29, 0.717) is 23.9 Å². The number of fused-ring (bicyclic) bond motifs is 1. The highest BCUT2D eigenvalue weighted by atomic mass is 16.6. The number of hydrogen-bond donors (Lipinski definition) is 3. The lowest BCUT2D eigenvalue weighted by atomic mass is 9.87. The van der Waals surface area contributed by atoms with Crippen LogP contribution in [0, 0.1) is 0 Å². The van der Waals surface area contributed by atoms with Crippen molar-refractivity contribution in [3.05, 3.63) is 108 Å². The maximum absolute atomic E-state index is 13.1. The number of ether oxygens (including phenoxy) is 1. The Labute approximate surface area is 262 Å². The van der Waals surface area contributed by atoms with Crippen molar-refractivity contribution in [3.63, 3.8) is 0 Å². The Hall–Kier alpha value is -5.03. The molecular formula is C34H37N7O4. The molecule has 232 valence electrons. The fraction of sp³-hybridized carbons (Fsp3) is 0.324. The summed E-state index contributed by atoms with van der Waals surface area (Å²) in [5.41, 5.74) is 2.10. The molecule has 5 atom stereocenters. The molecule has 1 aliphatic carbocycles. The van der Waals surface area contributed by atoms with Gasteiger partial charge in [-0.2, -0.15) is 4.98 Å². The Balaban J connectivity index is 1.06. The summed E-state index contributed by atoms with van der Waals surface area (Å²) in [6.07, 6.45) is 8.38. The van der Waals surface area contributed by atoms with Gasteiger partial charge in [0.2, 0.25) is 11.9 Å². The zero-order chi connectivity index (χ0) is 31.4. The third-order valence-electron chi connectivity index (χ3n) is 8.47. The Kier molecular flexibility index (Phi) is 8.61. The van der Waals surface area contributed by atoms with E-state index in [-0.39, 0.29) is 37.6 Å². The van der Waals surface area contributed by atoms with Gasteiger partial charge in [0.05, 0.1) is 36.6 Å². The van der Waals surface area contributed by atoms with E-state index in [1.54, 1.807) is 12.5 Å². The first-order valence-electron chi connectivity index (χ1n) is 15.1.